The third-order valence-electron chi connectivity index (χ3n) is 4.90. The van der Waals surface area contributed by atoms with E-state index in [1.807, 2.05) is 37.3 Å². The van der Waals surface area contributed by atoms with Crippen LogP contribution in [0.4, 0.5) is 0 Å². The molecule has 3 aromatic carbocycles. The predicted octanol–water partition coefficient (Wildman–Crippen LogP) is 5.85. The monoisotopic (exact) mass is 466 g/mol. The number of carboxylic acid groups (broad SMARTS) is 1. The van der Waals surface area contributed by atoms with Crippen LogP contribution < -0.4 is 9.47 Å². The van der Waals surface area contributed by atoms with Crippen LogP contribution in [0.5, 0.6) is 17.2 Å². The number of phenolic OH excluding ortho intramolecular Hbond substituents is 1. The number of ketones is 1. The van der Waals surface area contributed by atoms with Crippen molar-refractivity contribution in [3.63, 3.8) is 0 Å². The van der Waals surface area contributed by atoms with Crippen molar-refractivity contribution in [3.8, 4) is 17.2 Å². The first kappa shape index (κ1) is 24.2. The van der Waals surface area contributed by atoms with E-state index >= 15 is 0 Å². The summed E-state index contributed by atoms with van der Waals surface area (Å²) in [7, 11) is 0. The van der Waals surface area contributed by atoms with Crippen molar-refractivity contribution in [1.29, 1.82) is 0 Å². The lowest BCUT2D eigenvalue weighted by molar-refractivity contribution is 0.0693. The normalized spacial score (nSPS) is 10.6. The summed E-state index contributed by atoms with van der Waals surface area (Å²) in [6.07, 6.45) is 1.41. The van der Waals surface area contributed by atoms with Crippen molar-refractivity contribution in [1.82, 2.24) is 0 Å². The van der Waals surface area contributed by atoms with E-state index in [1.165, 1.54) is 18.7 Å². The van der Waals surface area contributed by atoms with Gasteiger partial charge in [0.2, 0.25) is 0 Å². The van der Waals surface area contributed by atoms with Crippen molar-refractivity contribution < 1.29 is 29.3 Å². The first-order valence-corrected chi connectivity index (χ1v) is 11.4. The van der Waals surface area contributed by atoms with Gasteiger partial charge in [0.25, 0.3) is 0 Å². The number of hydrogen-bond acceptors (Lipinski definition) is 6. The quantitative estimate of drug-likeness (QED) is 0.270. The van der Waals surface area contributed by atoms with Crippen molar-refractivity contribution in [2.24, 2.45) is 0 Å². The zero-order valence-corrected chi connectivity index (χ0v) is 19.4. The van der Waals surface area contributed by atoms with E-state index in [-0.39, 0.29) is 23.7 Å². The minimum Gasteiger partial charge on any atom is -0.507 e. The molecule has 3 rings (SSSR count). The molecule has 0 saturated carbocycles. The van der Waals surface area contributed by atoms with Gasteiger partial charge in [-0.15, -0.1) is 0 Å². The number of benzene rings is 3. The maximum Gasteiger partial charge on any atom is 0.336 e. The minimum absolute atomic E-state index is 0.0136. The average Bonchev–Trinajstić information content (AvgIpc) is 2.80. The average molecular weight is 467 g/mol. The van der Waals surface area contributed by atoms with Crippen LogP contribution >= 0.6 is 11.8 Å². The number of hydrogen-bond donors (Lipinski definition) is 2. The molecule has 0 aliphatic heterocycles. The summed E-state index contributed by atoms with van der Waals surface area (Å²) < 4.78 is 11.6. The van der Waals surface area contributed by atoms with Crippen molar-refractivity contribution in [3.05, 3.63) is 77.4 Å². The van der Waals surface area contributed by atoms with Crippen LogP contribution in [0.3, 0.4) is 0 Å². The van der Waals surface area contributed by atoms with Gasteiger partial charge in [0.1, 0.15) is 30.5 Å². The molecule has 3 aromatic rings. The number of ether oxygens (including phenoxy) is 2. The SMILES string of the molecule is CCCc1c(OCCOc2ccc(Sc3ccccc3C(=O)O)cc2)ccc(C(C)=O)c1O. The summed E-state index contributed by atoms with van der Waals surface area (Å²) in [6, 6.07) is 17.6. The van der Waals surface area contributed by atoms with Crippen molar-refractivity contribution in [2.75, 3.05) is 13.2 Å². The third-order valence-corrected chi connectivity index (χ3v) is 5.98. The Labute approximate surface area is 197 Å². The lowest BCUT2D eigenvalue weighted by Gasteiger charge is -2.15. The van der Waals surface area contributed by atoms with Gasteiger partial charge < -0.3 is 19.7 Å². The van der Waals surface area contributed by atoms with Gasteiger partial charge in [-0.2, -0.15) is 0 Å². The van der Waals surface area contributed by atoms with Gasteiger partial charge in [0.15, 0.2) is 5.78 Å². The Balaban J connectivity index is 1.56. The molecule has 0 atom stereocenters. The van der Waals surface area contributed by atoms with Crippen molar-refractivity contribution >= 4 is 23.5 Å². The van der Waals surface area contributed by atoms with E-state index in [1.54, 1.807) is 30.3 Å². The molecule has 0 heterocycles. The van der Waals surface area contributed by atoms with Crippen LogP contribution in [-0.4, -0.2) is 35.2 Å². The highest BCUT2D eigenvalue weighted by Gasteiger charge is 2.16. The highest BCUT2D eigenvalue weighted by Crippen LogP contribution is 2.33. The molecule has 172 valence electrons. The second-order valence-electron chi connectivity index (χ2n) is 7.32. The summed E-state index contributed by atoms with van der Waals surface area (Å²) >= 11 is 1.38. The molecule has 0 aliphatic carbocycles. The standard InChI is InChI=1S/C26H26O6S/c1-3-6-21-23(14-13-20(17(2)27)25(21)28)32-16-15-31-18-9-11-19(12-10-18)33-24-8-5-4-7-22(24)26(29)30/h4-5,7-14,28H,3,6,15-16H2,1-2H3,(H,29,30). The van der Waals surface area contributed by atoms with Crippen LogP contribution in [0.25, 0.3) is 0 Å². The lowest BCUT2D eigenvalue weighted by Crippen LogP contribution is -2.10. The van der Waals surface area contributed by atoms with Gasteiger partial charge in [0, 0.05) is 15.4 Å². The molecule has 0 radical (unpaired) electrons. The van der Waals surface area contributed by atoms with E-state index < -0.39 is 5.97 Å². The number of Topliss-reactive ketones (excluding diaryl/α,β-unsaturated/α-hetero) is 1. The predicted molar refractivity (Wildman–Crippen MR) is 127 cm³/mol. The Morgan fingerprint density at radius 2 is 1.61 bits per heavy atom. The van der Waals surface area contributed by atoms with E-state index in [0.29, 0.717) is 40.5 Å². The van der Waals surface area contributed by atoms with E-state index in [2.05, 4.69) is 0 Å². The Morgan fingerprint density at radius 1 is 0.909 bits per heavy atom. The number of phenols is 1. The molecule has 0 saturated heterocycles. The molecule has 0 aliphatic rings. The van der Waals surface area contributed by atoms with Crippen LogP contribution in [-0.2, 0) is 6.42 Å². The maximum atomic E-state index is 11.7. The number of aromatic hydroxyl groups is 1. The molecule has 0 bridgehead atoms. The smallest absolute Gasteiger partial charge is 0.336 e. The van der Waals surface area contributed by atoms with Gasteiger partial charge in [-0.05, 0) is 61.9 Å². The van der Waals surface area contributed by atoms with Crippen molar-refractivity contribution in [2.45, 2.75) is 36.5 Å². The van der Waals surface area contributed by atoms with Gasteiger partial charge in [-0.1, -0.05) is 37.2 Å². The van der Waals surface area contributed by atoms with E-state index in [9.17, 15) is 19.8 Å². The third kappa shape index (κ3) is 6.29. The molecule has 0 unspecified atom stereocenters. The maximum absolute atomic E-state index is 11.7. The largest absolute Gasteiger partial charge is 0.507 e. The van der Waals surface area contributed by atoms with Crippen LogP contribution in [0.2, 0.25) is 0 Å². The summed E-state index contributed by atoms with van der Waals surface area (Å²) in [6.45, 7) is 4.00. The molecule has 33 heavy (non-hydrogen) atoms. The molecule has 0 amide bonds. The lowest BCUT2D eigenvalue weighted by atomic mass is 10.0. The summed E-state index contributed by atoms with van der Waals surface area (Å²) in [5, 5.41) is 19.7. The fourth-order valence-electron chi connectivity index (χ4n) is 3.30. The van der Waals surface area contributed by atoms with E-state index in [0.717, 1.165) is 11.3 Å². The summed E-state index contributed by atoms with van der Waals surface area (Å²) in [5.74, 6) is 0.0577. The van der Waals surface area contributed by atoms with Gasteiger partial charge in [-0.3, -0.25) is 4.79 Å². The Morgan fingerprint density at radius 3 is 2.27 bits per heavy atom. The molecular weight excluding hydrogens is 440 g/mol. The fourth-order valence-corrected chi connectivity index (χ4v) is 4.24. The first-order valence-electron chi connectivity index (χ1n) is 10.6. The topological polar surface area (TPSA) is 93.1 Å². The molecule has 0 fully saturated rings. The number of aromatic carboxylic acids is 1. The van der Waals surface area contributed by atoms with Gasteiger partial charge >= 0.3 is 5.97 Å². The van der Waals surface area contributed by atoms with Crippen LogP contribution in [0.1, 0.15) is 46.5 Å². The van der Waals surface area contributed by atoms with Gasteiger partial charge in [0.05, 0.1) is 11.1 Å². The summed E-state index contributed by atoms with van der Waals surface area (Å²) in [5.41, 5.74) is 1.20. The molecular formula is C26H26O6S. The van der Waals surface area contributed by atoms with Crippen LogP contribution in [0, 0.1) is 0 Å². The minimum atomic E-state index is -0.954. The van der Waals surface area contributed by atoms with Gasteiger partial charge in [-0.25, -0.2) is 4.79 Å². The Bertz CT molecular complexity index is 1120. The highest BCUT2D eigenvalue weighted by molar-refractivity contribution is 7.99. The van der Waals surface area contributed by atoms with Crippen LogP contribution in [0.15, 0.2) is 70.5 Å². The number of carbonyl (C=O) groups excluding carboxylic acids is 1. The second-order valence-corrected chi connectivity index (χ2v) is 8.43. The molecule has 7 heteroatoms. The number of carboxylic acids is 1. The zero-order chi connectivity index (χ0) is 23.8. The summed E-state index contributed by atoms with van der Waals surface area (Å²) in [4.78, 5) is 24.6. The fraction of sp³-hybridized carbons (Fsp3) is 0.231. The zero-order valence-electron chi connectivity index (χ0n) is 18.5. The molecule has 0 aromatic heterocycles. The Kier molecular flexibility index (Phi) is 8.38. The number of rotatable bonds is 11. The molecule has 2 N–H and O–H groups in total. The van der Waals surface area contributed by atoms with E-state index in [4.69, 9.17) is 9.47 Å². The Hall–Kier alpha value is -3.45. The number of carbonyl (C=O) groups is 2. The highest BCUT2D eigenvalue weighted by atomic mass is 32.2. The first-order chi connectivity index (χ1) is 15.9. The second kappa shape index (κ2) is 11.4. The molecule has 0 spiro atoms. The molecule has 6 nitrogen and oxygen atoms in total.